The molecule has 0 nitrogen and oxygen atoms in total. The lowest BCUT2D eigenvalue weighted by Gasteiger charge is -2.31. The molecule has 3 rings (SSSR count). The van der Waals surface area contributed by atoms with Gasteiger partial charge in [0.05, 0.1) is 0 Å². The smallest absolute Gasteiger partial charge is 0.00381 e. The Hall–Kier alpha value is -1.56. The van der Waals surface area contributed by atoms with Crippen molar-refractivity contribution in [2.75, 3.05) is 0 Å². The summed E-state index contributed by atoms with van der Waals surface area (Å²) in [5, 5.41) is 0. The summed E-state index contributed by atoms with van der Waals surface area (Å²) < 4.78 is 0. The molecule has 0 aromatic heterocycles. The number of hydrogen-bond acceptors (Lipinski definition) is 0. The topological polar surface area (TPSA) is 0 Å². The van der Waals surface area contributed by atoms with Gasteiger partial charge in [-0.1, -0.05) is 104 Å². The first-order valence-electron chi connectivity index (χ1n) is 7.24. The minimum absolute atomic E-state index is 0. The van der Waals surface area contributed by atoms with Crippen LogP contribution in [0.4, 0.5) is 0 Å². The van der Waals surface area contributed by atoms with Gasteiger partial charge in [-0.15, -0.1) is 0 Å². The molecule has 0 bridgehead atoms. The Kier molecular flexibility index (Phi) is 9.18. The highest BCUT2D eigenvalue weighted by molar-refractivity contribution is 5.34. The molecule has 0 amide bonds. The van der Waals surface area contributed by atoms with Crippen molar-refractivity contribution in [1.82, 2.24) is 0 Å². The van der Waals surface area contributed by atoms with Crippen molar-refractivity contribution in [2.45, 2.75) is 73.6 Å². The van der Waals surface area contributed by atoms with Gasteiger partial charge < -0.3 is 0 Å². The maximum Gasteiger partial charge on any atom is -0.00381 e. The van der Waals surface area contributed by atoms with Gasteiger partial charge in [-0.25, -0.2) is 0 Å². The third-order valence-electron chi connectivity index (χ3n) is 4.58. The van der Waals surface area contributed by atoms with Crippen molar-refractivity contribution in [1.29, 1.82) is 0 Å². The first kappa shape index (κ1) is 23.7. The minimum Gasteiger partial charge on any atom is -0.0776 e. The van der Waals surface area contributed by atoms with Crippen molar-refractivity contribution < 1.29 is 0 Å². The summed E-state index contributed by atoms with van der Waals surface area (Å²) >= 11 is 0. The van der Waals surface area contributed by atoms with Gasteiger partial charge >= 0.3 is 0 Å². The van der Waals surface area contributed by atoms with Gasteiger partial charge in [0, 0.05) is 0 Å². The molecule has 1 saturated carbocycles. The summed E-state index contributed by atoms with van der Waals surface area (Å²) in [6.45, 7) is 4.76. The Balaban J connectivity index is 0. The average Bonchev–Trinajstić information content (AvgIpc) is 3.21. The fraction of sp³-hybridized carbons (Fsp3) is 0.478. The molecule has 0 radical (unpaired) electrons. The Morgan fingerprint density at radius 2 is 1.17 bits per heavy atom. The van der Waals surface area contributed by atoms with Gasteiger partial charge in [-0.3, -0.25) is 0 Å². The highest BCUT2D eigenvalue weighted by atomic mass is 14.5. The molecule has 2 aromatic carbocycles. The van der Waals surface area contributed by atoms with E-state index in [9.17, 15) is 0 Å². The quantitative estimate of drug-likeness (QED) is 0.544. The maximum absolute atomic E-state index is 2.38. The van der Waals surface area contributed by atoms with Gasteiger partial charge in [0.2, 0.25) is 0 Å². The number of hydrogen-bond donors (Lipinski definition) is 0. The van der Waals surface area contributed by atoms with Crippen LogP contribution in [0.5, 0.6) is 0 Å². The second-order valence-corrected chi connectivity index (χ2v) is 6.57. The van der Waals surface area contributed by atoms with Gasteiger partial charge in [-0.05, 0) is 41.2 Å². The molecule has 0 heteroatoms. The van der Waals surface area contributed by atoms with Crippen LogP contribution in [0.15, 0.2) is 60.7 Å². The molecule has 1 aliphatic rings. The van der Waals surface area contributed by atoms with E-state index in [0.29, 0.717) is 5.41 Å². The van der Waals surface area contributed by atoms with Crippen LogP contribution >= 0.6 is 0 Å². The van der Waals surface area contributed by atoms with Crippen molar-refractivity contribution in [3.05, 3.63) is 71.8 Å². The fourth-order valence-electron chi connectivity index (χ4n) is 3.35. The van der Waals surface area contributed by atoms with E-state index < -0.39 is 0 Å². The van der Waals surface area contributed by atoms with Crippen molar-refractivity contribution in [3.63, 3.8) is 0 Å². The van der Waals surface area contributed by atoms with Crippen LogP contribution in [0.1, 0.15) is 73.9 Å². The monoisotopic (exact) mass is 314 g/mol. The zero-order valence-corrected chi connectivity index (χ0v) is 11.9. The Morgan fingerprint density at radius 1 is 0.739 bits per heavy atom. The van der Waals surface area contributed by atoms with Crippen molar-refractivity contribution in [2.24, 2.45) is 0 Å². The third-order valence-corrected chi connectivity index (χ3v) is 4.58. The molecule has 0 unspecified atom stereocenters. The van der Waals surface area contributed by atoms with Gasteiger partial charge in [0.1, 0.15) is 0 Å². The molecule has 1 fully saturated rings. The average molecular weight is 315 g/mol. The van der Waals surface area contributed by atoms with Crippen molar-refractivity contribution in [3.8, 4) is 0 Å². The second kappa shape index (κ2) is 8.91. The fourth-order valence-corrected chi connectivity index (χ4v) is 3.35. The van der Waals surface area contributed by atoms with Crippen LogP contribution in [0.25, 0.3) is 0 Å². The molecule has 130 valence electrons. The summed E-state index contributed by atoms with van der Waals surface area (Å²) in [6, 6.07) is 22.0. The standard InChI is InChI=1S/C19H22.4CH4/c1-18(2,16-9-5-3-6-10-16)15-19(13-14-19)17-11-7-4-8-12-17;;;;/h3-12H,13-15H2,1-2H3;4*1H4. The highest BCUT2D eigenvalue weighted by Gasteiger charge is 2.47. The lowest BCUT2D eigenvalue weighted by Crippen LogP contribution is -2.24. The molecule has 0 saturated heterocycles. The normalized spacial score (nSPS) is 14.2. The number of rotatable bonds is 4. The molecule has 2 aromatic rings. The first-order valence-corrected chi connectivity index (χ1v) is 7.24. The largest absolute Gasteiger partial charge is 0.0776 e. The van der Waals surface area contributed by atoms with E-state index in [1.807, 2.05) is 0 Å². The van der Waals surface area contributed by atoms with E-state index in [4.69, 9.17) is 0 Å². The predicted octanol–water partition coefficient (Wildman–Crippen LogP) is 7.63. The summed E-state index contributed by atoms with van der Waals surface area (Å²) in [5.41, 5.74) is 3.66. The molecule has 23 heavy (non-hydrogen) atoms. The van der Waals surface area contributed by atoms with Crippen LogP contribution in [-0.2, 0) is 10.8 Å². The third kappa shape index (κ3) is 4.96. The zero-order chi connectivity index (χ0) is 13.3. The molecule has 0 atom stereocenters. The Labute approximate surface area is 146 Å². The minimum atomic E-state index is 0. The van der Waals surface area contributed by atoms with E-state index in [2.05, 4.69) is 74.5 Å². The molecule has 0 N–H and O–H groups in total. The van der Waals surface area contributed by atoms with Crippen LogP contribution in [-0.4, -0.2) is 0 Å². The van der Waals surface area contributed by atoms with E-state index in [-0.39, 0.29) is 35.1 Å². The van der Waals surface area contributed by atoms with Crippen molar-refractivity contribution >= 4 is 0 Å². The van der Waals surface area contributed by atoms with E-state index >= 15 is 0 Å². The van der Waals surface area contributed by atoms with Crippen LogP contribution < -0.4 is 0 Å². The van der Waals surface area contributed by atoms with Gasteiger partial charge in [-0.2, -0.15) is 0 Å². The lowest BCUT2D eigenvalue weighted by molar-refractivity contribution is 0.412. The predicted molar refractivity (Wildman–Crippen MR) is 108 cm³/mol. The molecule has 1 aliphatic carbocycles. The second-order valence-electron chi connectivity index (χ2n) is 6.57. The van der Waals surface area contributed by atoms with E-state index in [1.165, 1.54) is 30.4 Å². The van der Waals surface area contributed by atoms with Crippen LogP contribution in [0, 0.1) is 0 Å². The van der Waals surface area contributed by atoms with Crippen LogP contribution in [0.2, 0.25) is 0 Å². The summed E-state index contributed by atoms with van der Waals surface area (Å²) in [7, 11) is 0. The molecule has 0 aliphatic heterocycles. The Bertz CT molecular complexity index is 493. The zero-order valence-electron chi connectivity index (χ0n) is 11.9. The highest BCUT2D eigenvalue weighted by Crippen LogP contribution is 2.55. The van der Waals surface area contributed by atoms with E-state index in [1.54, 1.807) is 0 Å². The summed E-state index contributed by atoms with van der Waals surface area (Å²) in [4.78, 5) is 0. The molecular formula is C23H38. The van der Waals surface area contributed by atoms with Gasteiger partial charge in [0.15, 0.2) is 0 Å². The molecule has 0 heterocycles. The first-order chi connectivity index (χ1) is 9.12. The Morgan fingerprint density at radius 3 is 1.61 bits per heavy atom. The van der Waals surface area contributed by atoms with Gasteiger partial charge in [0.25, 0.3) is 0 Å². The number of benzene rings is 2. The maximum atomic E-state index is 2.38. The molecular weight excluding hydrogens is 276 g/mol. The van der Waals surface area contributed by atoms with E-state index in [0.717, 1.165) is 0 Å². The molecule has 0 spiro atoms. The van der Waals surface area contributed by atoms with Crippen LogP contribution in [0.3, 0.4) is 0 Å². The SMILES string of the molecule is C.C.C.C.CC(C)(CC1(c2ccccc2)CC1)c1ccccc1. The lowest BCUT2D eigenvalue weighted by atomic mass is 9.73. The summed E-state index contributed by atoms with van der Waals surface area (Å²) in [5.74, 6) is 0. The summed E-state index contributed by atoms with van der Waals surface area (Å²) in [6.07, 6.45) is 3.93.